The standard InChI is InChI=1S/C18H19N3/c1-2-11-20-14(12-19)13-21-17-9-5-3-7-15(17)16-8-4-6-10-18(16)21/h3-10,14,20H,2,11,13H2,1H3. The Labute approximate surface area is 124 Å². The van der Waals surface area contributed by atoms with Gasteiger partial charge in [0.05, 0.1) is 12.6 Å². The third kappa shape index (κ3) is 2.51. The molecule has 3 heteroatoms. The zero-order chi connectivity index (χ0) is 14.7. The van der Waals surface area contributed by atoms with E-state index in [9.17, 15) is 5.26 Å². The highest BCUT2D eigenvalue weighted by Crippen LogP contribution is 2.28. The van der Waals surface area contributed by atoms with Crippen molar-refractivity contribution in [3.8, 4) is 6.07 Å². The molecule has 1 N–H and O–H groups in total. The first kappa shape index (κ1) is 13.7. The lowest BCUT2D eigenvalue weighted by atomic mass is 10.2. The molecule has 1 unspecified atom stereocenters. The fourth-order valence-electron chi connectivity index (χ4n) is 2.85. The lowest BCUT2D eigenvalue weighted by Gasteiger charge is -2.14. The van der Waals surface area contributed by atoms with Crippen LogP contribution in [0.25, 0.3) is 21.8 Å². The Hall–Kier alpha value is -2.31. The average molecular weight is 277 g/mol. The first-order valence-corrected chi connectivity index (χ1v) is 7.44. The van der Waals surface area contributed by atoms with Crippen LogP contribution >= 0.6 is 0 Å². The predicted molar refractivity (Wildman–Crippen MR) is 87.1 cm³/mol. The average Bonchev–Trinajstić information content (AvgIpc) is 2.86. The van der Waals surface area contributed by atoms with Crippen LogP contribution in [0.1, 0.15) is 13.3 Å². The van der Waals surface area contributed by atoms with Gasteiger partial charge in [0.1, 0.15) is 6.04 Å². The minimum Gasteiger partial charge on any atom is -0.338 e. The molecule has 0 spiro atoms. The molecule has 3 aromatic rings. The summed E-state index contributed by atoms with van der Waals surface area (Å²) in [6.07, 6.45) is 1.03. The van der Waals surface area contributed by atoms with Crippen LogP contribution in [0.15, 0.2) is 48.5 Å². The summed E-state index contributed by atoms with van der Waals surface area (Å²) in [6, 6.07) is 19.0. The Morgan fingerprint density at radius 3 is 2.14 bits per heavy atom. The maximum Gasteiger partial charge on any atom is 0.113 e. The van der Waals surface area contributed by atoms with Gasteiger partial charge in [0.25, 0.3) is 0 Å². The zero-order valence-corrected chi connectivity index (χ0v) is 12.2. The van der Waals surface area contributed by atoms with E-state index in [1.54, 1.807) is 0 Å². The van der Waals surface area contributed by atoms with E-state index in [1.165, 1.54) is 21.8 Å². The first-order chi connectivity index (χ1) is 10.3. The highest BCUT2D eigenvalue weighted by molar-refractivity contribution is 6.07. The molecule has 0 amide bonds. The number of rotatable bonds is 5. The molecule has 1 atom stereocenters. The maximum atomic E-state index is 9.37. The monoisotopic (exact) mass is 277 g/mol. The van der Waals surface area contributed by atoms with Crippen molar-refractivity contribution in [1.82, 2.24) is 9.88 Å². The van der Waals surface area contributed by atoms with Crippen LogP contribution in [-0.2, 0) is 6.54 Å². The molecular formula is C18H19N3. The highest BCUT2D eigenvalue weighted by Gasteiger charge is 2.13. The van der Waals surface area contributed by atoms with Gasteiger partial charge in [-0.15, -0.1) is 0 Å². The molecule has 0 aliphatic heterocycles. The Morgan fingerprint density at radius 1 is 1.05 bits per heavy atom. The second-order valence-electron chi connectivity index (χ2n) is 5.28. The van der Waals surface area contributed by atoms with E-state index in [0.717, 1.165) is 13.0 Å². The van der Waals surface area contributed by atoms with Gasteiger partial charge in [-0.25, -0.2) is 0 Å². The summed E-state index contributed by atoms with van der Waals surface area (Å²) in [5.41, 5.74) is 2.38. The number of para-hydroxylation sites is 2. The van der Waals surface area contributed by atoms with Crippen LogP contribution < -0.4 is 5.32 Å². The minimum atomic E-state index is -0.163. The fraction of sp³-hybridized carbons (Fsp3) is 0.278. The molecule has 106 valence electrons. The SMILES string of the molecule is CCCNC(C#N)Cn1c2ccccc2c2ccccc21. The second-order valence-corrected chi connectivity index (χ2v) is 5.28. The smallest absolute Gasteiger partial charge is 0.113 e. The lowest BCUT2D eigenvalue weighted by Crippen LogP contribution is -2.32. The van der Waals surface area contributed by atoms with Crippen LogP contribution in [0.2, 0.25) is 0 Å². The third-order valence-electron chi connectivity index (χ3n) is 3.84. The van der Waals surface area contributed by atoms with Crippen LogP contribution in [0.3, 0.4) is 0 Å². The number of nitrogens with zero attached hydrogens (tertiary/aromatic N) is 2. The molecule has 1 heterocycles. The van der Waals surface area contributed by atoms with Crippen molar-refractivity contribution in [3.05, 3.63) is 48.5 Å². The Kier molecular flexibility index (Phi) is 3.89. The van der Waals surface area contributed by atoms with E-state index in [2.05, 4.69) is 71.4 Å². The maximum absolute atomic E-state index is 9.37. The third-order valence-corrected chi connectivity index (χ3v) is 3.84. The van der Waals surface area contributed by atoms with Crippen molar-refractivity contribution < 1.29 is 0 Å². The minimum absolute atomic E-state index is 0.163. The van der Waals surface area contributed by atoms with Gasteiger partial charge >= 0.3 is 0 Å². The second kappa shape index (κ2) is 5.99. The number of aromatic nitrogens is 1. The lowest BCUT2D eigenvalue weighted by molar-refractivity contribution is 0.536. The first-order valence-electron chi connectivity index (χ1n) is 7.44. The highest BCUT2D eigenvalue weighted by atomic mass is 15.0. The van der Waals surface area contributed by atoms with Gasteiger partial charge in [-0.3, -0.25) is 0 Å². The van der Waals surface area contributed by atoms with E-state index >= 15 is 0 Å². The van der Waals surface area contributed by atoms with E-state index in [4.69, 9.17) is 0 Å². The molecule has 0 saturated carbocycles. The molecule has 0 saturated heterocycles. The predicted octanol–water partition coefficient (Wildman–Crippen LogP) is 3.69. The van der Waals surface area contributed by atoms with E-state index in [1.807, 2.05) is 0 Å². The van der Waals surface area contributed by atoms with E-state index < -0.39 is 0 Å². The Morgan fingerprint density at radius 2 is 1.62 bits per heavy atom. The van der Waals surface area contributed by atoms with Crippen molar-refractivity contribution in [2.45, 2.75) is 25.9 Å². The largest absolute Gasteiger partial charge is 0.338 e. The van der Waals surface area contributed by atoms with Gasteiger partial charge in [-0.05, 0) is 25.1 Å². The number of nitriles is 1. The fourth-order valence-corrected chi connectivity index (χ4v) is 2.85. The van der Waals surface area contributed by atoms with Crippen molar-refractivity contribution in [1.29, 1.82) is 5.26 Å². The number of nitrogens with one attached hydrogen (secondary N) is 1. The summed E-state index contributed by atoms with van der Waals surface area (Å²) in [4.78, 5) is 0. The molecule has 0 aliphatic rings. The van der Waals surface area contributed by atoms with E-state index in [0.29, 0.717) is 6.54 Å². The van der Waals surface area contributed by atoms with Crippen molar-refractivity contribution in [2.75, 3.05) is 6.54 Å². The van der Waals surface area contributed by atoms with Crippen molar-refractivity contribution >= 4 is 21.8 Å². The van der Waals surface area contributed by atoms with Gasteiger partial charge in [0.2, 0.25) is 0 Å². The Bertz CT molecular complexity index is 742. The normalized spacial score (nSPS) is 12.6. The number of hydrogen-bond donors (Lipinski definition) is 1. The van der Waals surface area contributed by atoms with Gasteiger partial charge in [0, 0.05) is 21.8 Å². The van der Waals surface area contributed by atoms with Gasteiger partial charge in [-0.1, -0.05) is 43.3 Å². The molecule has 0 fully saturated rings. The zero-order valence-electron chi connectivity index (χ0n) is 12.2. The quantitative estimate of drug-likeness (QED) is 0.772. The van der Waals surface area contributed by atoms with Gasteiger partial charge in [0.15, 0.2) is 0 Å². The van der Waals surface area contributed by atoms with Crippen molar-refractivity contribution in [2.24, 2.45) is 0 Å². The molecular weight excluding hydrogens is 258 g/mol. The molecule has 21 heavy (non-hydrogen) atoms. The van der Waals surface area contributed by atoms with Crippen molar-refractivity contribution in [3.63, 3.8) is 0 Å². The number of hydrogen-bond acceptors (Lipinski definition) is 2. The Balaban J connectivity index is 2.09. The summed E-state index contributed by atoms with van der Waals surface area (Å²) >= 11 is 0. The molecule has 3 rings (SSSR count). The van der Waals surface area contributed by atoms with Gasteiger partial charge in [-0.2, -0.15) is 5.26 Å². The molecule has 0 radical (unpaired) electrons. The number of benzene rings is 2. The molecule has 0 aliphatic carbocycles. The molecule has 2 aromatic carbocycles. The molecule has 0 bridgehead atoms. The topological polar surface area (TPSA) is 40.8 Å². The van der Waals surface area contributed by atoms with Crippen LogP contribution in [-0.4, -0.2) is 17.2 Å². The summed E-state index contributed by atoms with van der Waals surface area (Å²) in [5.74, 6) is 0. The van der Waals surface area contributed by atoms with Crippen LogP contribution in [0.4, 0.5) is 0 Å². The summed E-state index contributed by atoms with van der Waals surface area (Å²) in [5, 5.41) is 15.2. The molecule has 1 aromatic heterocycles. The summed E-state index contributed by atoms with van der Waals surface area (Å²) in [7, 11) is 0. The van der Waals surface area contributed by atoms with Gasteiger partial charge < -0.3 is 9.88 Å². The van der Waals surface area contributed by atoms with E-state index in [-0.39, 0.29) is 6.04 Å². The van der Waals surface area contributed by atoms with Crippen LogP contribution in [0.5, 0.6) is 0 Å². The van der Waals surface area contributed by atoms with Crippen LogP contribution in [0, 0.1) is 11.3 Å². The number of fused-ring (bicyclic) bond motifs is 3. The summed E-state index contributed by atoms with van der Waals surface area (Å²) < 4.78 is 2.25. The summed E-state index contributed by atoms with van der Waals surface area (Å²) in [6.45, 7) is 3.65. The molecule has 3 nitrogen and oxygen atoms in total.